The highest BCUT2D eigenvalue weighted by molar-refractivity contribution is 5.80. The highest BCUT2D eigenvalue weighted by Crippen LogP contribution is 2.23. The molecule has 0 spiro atoms. The molecule has 0 aromatic heterocycles. The van der Waals surface area contributed by atoms with Gasteiger partial charge in [-0.15, -0.1) is 0 Å². The monoisotopic (exact) mass is 1080 g/mol. The Kier molecular flexibility index (Phi) is 50.9. The van der Waals surface area contributed by atoms with Gasteiger partial charge in [-0.25, -0.2) is 0 Å². The molecule has 11 heteroatoms. The van der Waals surface area contributed by atoms with Crippen LogP contribution in [0.3, 0.4) is 0 Å². The van der Waals surface area contributed by atoms with Crippen LogP contribution in [-0.4, -0.2) is 110 Å². The number of carbonyl (C=O) groups excluding carboxylic acids is 1. The summed E-state index contributed by atoms with van der Waals surface area (Å²) < 4.78 is 11.1. The van der Waals surface area contributed by atoms with Crippen molar-refractivity contribution in [1.29, 1.82) is 0 Å². The minimum Gasteiger partial charge on any atom is -0.394 e. The van der Waals surface area contributed by atoms with Crippen molar-refractivity contribution in [1.82, 2.24) is 5.32 Å². The lowest BCUT2D eigenvalue weighted by atomic mass is 9.98. The number of hydrogen-bond donors (Lipinski definition) is 8. The quantitative estimate of drug-likeness (QED) is 0.0215. The zero-order chi connectivity index (χ0) is 55.4. The first kappa shape index (κ1) is 72.1. The maximum atomic E-state index is 13.2. The Balaban J connectivity index is 2.27. The minimum absolute atomic E-state index is 0.241. The summed E-state index contributed by atoms with van der Waals surface area (Å²) in [7, 11) is 0. The van der Waals surface area contributed by atoms with Gasteiger partial charge >= 0.3 is 0 Å². The van der Waals surface area contributed by atoms with Crippen LogP contribution in [0.25, 0.3) is 0 Å². The van der Waals surface area contributed by atoms with Gasteiger partial charge in [0, 0.05) is 0 Å². The van der Waals surface area contributed by atoms with E-state index in [4.69, 9.17) is 9.47 Å². The third-order valence-electron chi connectivity index (χ3n) is 15.3. The maximum absolute atomic E-state index is 13.2. The summed E-state index contributed by atoms with van der Waals surface area (Å²) in [6.45, 7) is 3.46. The van der Waals surface area contributed by atoms with Crippen molar-refractivity contribution in [2.45, 2.75) is 345 Å². The number of hydrogen-bond acceptors (Lipinski definition) is 10. The fraction of sp³-hybridized carbons (Fsp3) is 0.862. The van der Waals surface area contributed by atoms with E-state index in [1.165, 1.54) is 199 Å². The summed E-state index contributed by atoms with van der Waals surface area (Å²) in [6.07, 6.45) is 57.5. The topological polar surface area (TPSA) is 189 Å². The largest absolute Gasteiger partial charge is 0.394 e. The van der Waals surface area contributed by atoms with E-state index in [-0.39, 0.29) is 12.8 Å². The van der Waals surface area contributed by atoms with Gasteiger partial charge in [0.2, 0.25) is 5.91 Å². The summed E-state index contributed by atoms with van der Waals surface area (Å²) >= 11 is 0. The van der Waals surface area contributed by atoms with Gasteiger partial charge in [-0.1, -0.05) is 249 Å². The van der Waals surface area contributed by atoms with E-state index in [2.05, 4.69) is 67.8 Å². The van der Waals surface area contributed by atoms with Gasteiger partial charge in [0.15, 0.2) is 6.29 Å². The summed E-state index contributed by atoms with van der Waals surface area (Å²) in [4.78, 5) is 13.2. The normalized spacial score (nSPS) is 19.9. The van der Waals surface area contributed by atoms with Crippen molar-refractivity contribution in [2.24, 2.45) is 0 Å². The maximum Gasteiger partial charge on any atom is 0.249 e. The van der Waals surface area contributed by atoms with Gasteiger partial charge in [-0.2, -0.15) is 0 Å². The molecular formula is C65H121NO10. The van der Waals surface area contributed by atoms with Crippen LogP contribution in [0.2, 0.25) is 0 Å². The molecule has 0 aromatic carbocycles. The highest BCUT2D eigenvalue weighted by atomic mass is 16.7. The molecule has 0 saturated carbocycles. The van der Waals surface area contributed by atoms with Crippen LogP contribution in [0, 0.1) is 0 Å². The van der Waals surface area contributed by atoms with Crippen LogP contribution in [0.5, 0.6) is 0 Å². The van der Waals surface area contributed by atoms with Gasteiger partial charge in [-0.05, 0) is 89.9 Å². The van der Waals surface area contributed by atoms with Crippen molar-refractivity contribution in [3.63, 3.8) is 0 Å². The molecule has 0 aromatic rings. The Morgan fingerprint density at radius 3 is 1.17 bits per heavy atom. The number of aliphatic hydroxyl groups excluding tert-OH is 7. The molecule has 9 unspecified atom stereocenters. The first-order valence-electron chi connectivity index (χ1n) is 32.0. The van der Waals surface area contributed by atoms with E-state index >= 15 is 0 Å². The SMILES string of the molecule is CCCCCCCCC/C=C/CC/C=C/CC/C=C/CCCC(O)C(O)C(COC1OC(CO)C(O)C(O)C1O)NC(=O)C(O)CCCCCCCCCCCCCCC/C=C\CCCCCCCCCCCCCC. The lowest BCUT2D eigenvalue weighted by molar-refractivity contribution is -0.303. The van der Waals surface area contributed by atoms with Crippen molar-refractivity contribution >= 4 is 5.91 Å². The summed E-state index contributed by atoms with van der Waals surface area (Å²) in [5.41, 5.74) is 0. The number of aliphatic hydroxyl groups is 7. The van der Waals surface area contributed by atoms with Gasteiger partial charge in [0.25, 0.3) is 0 Å². The van der Waals surface area contributed by atoms with E-state index in [1.807, 2.05) is 0 Å². The number of ether oxygens (including phenoxy) is 2. The predicted octanol–water partition coefficient (Wildman–Crippen LogP) is 14.4. The zero-order valence-corrected chi connectivity index (χ0v) is 49.0. The average Bonchev–Trinajstić information content (AvgIpc) is 3.42. The Morgan fingerprint density at radius 2 is 0.789 bits per heavy atom. The summed E-state index contributed by atoms with van der Waals surface area (Å²) in [5, 5.41) is 76.3. The molecule has 1 aliphatic rings. The number of unbranched alkanes of at least 4 members (excludes halogenated alkanes) is 35. The molecule has 8 N–H and O–H groups in total. The molecule has 76 heavy (non-hydrogen) atoms. The fourth-order valence-corrected chi connectivity index (χ4v) is 10.1. The van der Waals surface area contributed by atoms with Gasteiger partial charge < -0.3 is 50.5 Å². The smallest absolute Gasteiger partial charge is 0.249 e. The Labute approximate surface area is 466 Å². The number of carbonyl (C=O) groups is 1. The third kappa shape index (κ3) is 41.1. The standard InChI is InChI=1S/C65H121NO10/c1-3-5-7-9-11-13-15-17-19-21-23-25-26-27-28-29-30-31-32-33-35-37-39-41-43-45-47-49-51-53-58(69)64(74)66-56(55-75-65-63(73)62(72)61(71)59(54-67)76-65)60(70)57(68)52-50-48-46-44-42-40-38-36-34-24-22-20-18-16-14-12-10-8-6-4-2/h20,22,27-28,36,38,44,46,56-63,65,67-73H,3-19,21,23-26,29-35,37,39-43,45,47-55H2,1-2H3,(H,66,74)/b22-20+,28-27-,38-36+,46-44+. The van der Waals surface area contributed by atoms with E-state index < -0.39 is 74.2 Å². The molecule has 1 rings (SSSR count). The molecule has 1 heterocycles. The minimum atomic E-state index is -1.67. The second-order valence-electron chi connectivity index (χ2n) is 22.5. The lowest BCUT2D eigenvalue weighted by Crippen LogP contribution is -2.60. The van der Waals surface area contributed by atoms with E-state index in [9.17, 15) is 40.5 Å². The van der Waals surface area contributed by atoms with Crippen molar-refractivity contribution < 1.29 is 50.0 Å². The van der Waals surface area contributed by atoms with Crippen molar-refractivity contribution in [3.8, 4) is 0 Å². The highest BCUT2D eigenvalue weighted by Gasteiger charge is 2.44. The number of amides is 1. The molecule has 1 aliphatic heterocycles. The first-order valence-corrected chi connectivity index (χ1v) is 32.0. The summed E-state index contributed by atoms with van der Waals surface area (Å²) in [5.74, 6) is -0.710. The molecule has 11 nitrogen and oxygen atoms in total. The third-order valence-corrected chi connectivity index (χ3v) is 15.3. The molecule has 9 atom stereocenters. The second kappa shape index (κ2) is 53.7. The average molecular weight is 1080 g/mol. The molecule has 1 saturated heterocycles. The van der Waals surface area contributed by atoms with Crippen LogP contribution < -0.4 is 5.32 Å². The molecule has 0 radical (unpaired) electrons. The van der Waals surface area contributed by atoms with E-state index in [0.29, 0.717) is 19.3 Å². The molecule has 446 valence electrons. The summed E-state index contributed by atoms with van der Waals surface area (Å²) in [6, 6.07) is -1.20. The Hall–Kier alpha value is -1.93. The van der Waals surface area contributed by atoms with Crippen LogP contribution >= 0.6 is 0 Å². The number of rotatable bonds is 55. The number of allylic oxidation sites excluding steroid dienone is 8. The van der Waals surface area contributed by atoms with Crippen molar-refractivity contribution in [2.75, 3.05) is 13.2 Å². The first-order chi connectivity index (χ1) is 37.2. The van der Waals surface area contributed by atoms with Gasteiger partial charge in [-0.3, -0.25) is 4.79 Å². The van der Waals surface area contributed by atoms with Crippen LogP contribution in [0.1, 0.15) is 290 Å². The van der Waals surface area contributed by atoms with Gasteiger partial charge in [0.1, 0.15) is 36.6 Å². The van der Waals surface area contributed by atoms with Crippen LogP contribution in [0.15, 0.2) is 48.6 Å². The molecule has 1 fully saturated rings. The van der Waals surface area contributed by atoms with Crippen LogP contribution in [0.4, 0.5) is 0 Å². The Morgan fingerprint density at radius 1 is 0.447 bits per heavy atom. The molecule has 0 bridgehead atoms. The van der Waals surface area contributed by atoms with E-state index in [1.54, 1.807) is 0 Å². The van der Waals surface area contributed by atoms with Crippen molar-refractivity contribution in [3.05, 3.63) is 48.6 Å². The molecular weight excluding hydrogens is 955 g/mol. The number of nitrogens with one attached hydrogen (secondary N) is 1. The van der Waals surface area contributed by atoms with Gasteiger partial charge in [0.05, 0.1) is 25.4 Å². The molecule has 0 aliphatic carbocycles. The lowest BCUT2D eigenvalue weighted by Gasteiger charge is -2.40. The second-order valence-corrected chi connectivity index (χ2v) is 22.5. The molecule has 1 amide bonds. The Bertz CT molecular complexity index is 1370. The van der Waals surface area contributed by atoms with Crippen LogP contribution in [-0.2, 0) is 14.3 Å². The fourth-order valence-electron chi connectivity index (χ4n) is 10.1. The predicted molar refractivity (Wildman–Crippen MR) is 316 cm³/mol. The van der Waals surface area contributed by atoms with E-state index in [0.717, 1.165) is 44.9 Å². The zero-order valence-electron chi connectivity index (χ0n) is 49.0.